The third kappa shape index (κ3) is 4.24. The first-order valence-electron chi connectivity index (χ1n) is 9.55. The van der Waals surface area contributed by atoms with Crippen LogP contribution in [0, 0.1) is 0 Å². The van der Waals surface area contributed by atoms with E-state index in [0.29, 0.717) is 18.7 Å². The molecule has 2 heterocycles. The lowest BCUT2D eigenvalue weighted by atomic mass is 10.0. The van der Waals surface area contributed by atoms with Crippen LogP contribution in [0.5, 0.6) is 5.75 Å². The number of aromatic nitrogens is 2. The lowest BCUT2D eigenvalue weighted by Gasteiger charge is -2.11. The van der Waals surface area contributed by atoms with Crippen LogP contribution < -0.4 is 10.1 Å². The summed E-state index contributed by atoms with van der Waals surface area (Å²) < 4.78 is 5.51. The van der Waals surface area contributed by atoms with Crippen molar-refractivity contribution in [2.24, 2.45) is 0 Å². The molecule has 29 heavy (non-hydrogen) atoms. The van der Waals surface area contributed by atoms with Gasteiger partial charge >= 0.3 is 0 Å². The zero-order valence-corrected chi connectivity index (χ0v) is 16.1. The summed E-state index contributed by atoms with van der Waals surface area (Å²) in [5, 5.41) is 3.78. The Balaban J connectivity index is 1.68. The number of amides is 1. The van der Waals surface area contributed by atoms with Gasteiger partial charge in [0.15, 0.2) is 0 Å². The van der Waals surface area contributed by atoms with E-state index in [1.807, 2.05) is 79.7 Å². The molecule has 1 amide bonds. The summed E-state index contributed by atoms with van der Waals surface area (Å²) in [6.07, 6.45) is 1.72. The number of ether oxygens (including phenoxy) is 1. The number of hydrogen-bond acceptors (Lipinski definition) is 4. The number of fused-ring (bicyclic) bond motifs is 1. The third-order valence-corrected chi connectivity index (χ3v) is 4.58. The number of benzene rings is 2. The number of carbonyl (C=O) groups is 1. The van der Waals surface area contributed by atoms with Crippen molar-refractivity contribution in [3.05, 3.63) is 90.3 Å². The summed E-state index contributed by atoms with van der Waals surface area (Å²) in [5.74, 6) is 0.659. The van der Waals surface area contributed by atoms with Crippen LogP contribution >= 0.6 is 0 Å². The average molecular weight is 383 g/mol. The predicted molar refractivity (Wildman–Crippen MR) is 114 cm³/mol. The van der Waals surface area contributed by atoms with Gasteiger partial charge in [0.25, 0.3) is 5.91 Å². The van der Waals surface area contributed by atoms with Crippen LogP contribution in [0.3, 0.4) is 0 Å². The number of rotatable bonds is 6. The fourth-order valence-corrected chi connectivity index (χ4v) is 3.17. The van der Waals surface area contributed by atoms with Gasteiger partial charge in [-0.25, -0.2) is 4.98 Å². The van der Waals surface area contributed by atoms with Crippen molar-refractivity contribution in [1.29, 1.82) is 0 Å². The van der Waals surface area contributed by atoms with E-state index in [-0.39, 0.29) is 5.91 Å². The molecule has 0 aliphatic rings. The molecule has 144 valence electrons. The first-order chi connectivity index (χ1) is 14.2. The minimum Gasteiger partial charge on any atom is -0.494 e. The van der Waals surface area contributed by atoms with E-state index >= 15 is 0 Å². The second-order valence-corrected chi connectivity index (χ2v) is 6.53. The molecule has 2 aromatic heterocycles. The SMILES string of the molecule is CCOc1ccc(-c2cc(C(=O)NCc3ccccn3)c3ccccc3n2)cc1. The molecule has 1 N–H and O–H groups in total. The normalized spacial score (nSPS) is 10.7. The Labute approximate surface area is 169 Å². The van der Waals surface area contributed by atoms with Gasteiger partial charge in [0.05, 0.1) is 35.6 Å². The molecule has 0 spiro atoms. The quantitative estimate of drug-likeness (QED) is 0.527. The van der Waals surface area contributed by atoms with E-state index in [1.165, 1.54) is 0 Å². The fourth-order valence-electron chi connectivity index (χ4n) is 3.17. The molecule has 0 radical (unpaired) electrons. The molecule has 5 heteroatoms. The van der Waals surface area contributed by atoms with E-state index in [0.717, 1.165) is 33.6 Å². The average Bonchev–Trinajstić information content (AvgIpc) is 2.78. The number of pyridine rings is 2. The molecule has 4 aromatic rings. The van der Waals surface area contributed by atoms with Gasteiger partial charge in [0.1, 0.15) is 5.75 Å². The zero-order valence-electron chi connectivity index (χ0n) is 16.1. The minimum atomic E-state index is -0.151. The molecule has 5 nitrogen and oxygen atoms in total. The first-order valence-corrected chi connectivity index (χ1v) is 9.55. The number of hydrogen-bond donors (Lipinski definition) is 1. The molecule has 0 atom stereocenters. The van der Waals surface area contributed by atoms with Gasteiger partial charge in [0, 0.05) is 17.1 Å². The van der Waals surface area contributed by atoms with Crippen molar-refractivity contribution in [2.45, 2.75) is 13.5 Å². The summed E-state index contributed by atoms with van der Waals surface area (Å²) in [4.78, 5) is 22.0. The van der Waals surface area contributed by atoms with E-state index in [9.17, 15) is 4.79 Å². The Morgan fingerprint density at radius 2 is 1.79 bits per heavy atom. The van der Waals surface area contributed by atoms with Crippen LogP contribution in [-0.4, -0.2) is 22.5 Å². The van der Waals surface area contributed by atoms with Crippen LogP contribution in [0.1, 0.15) is 23.0 Å². The van der Waals surface area contributed by atoms with Crippen molar-refractivity contribution in [1.82, 2.24) is 15.3 Å². The maximum atomic E-state index is 13.0. The topological polar surface area (TPSA) is 64.1 Å². The van der Waals surface area contributed by atoms with E-state index in [2.05, 4.69) is 10.3 Å². The minimum absolute atomic E-state index is 0.151. The van der Waals surface area contributed by atoms with Gasteiger partial charge in [-0.15, -0.1) is 0 Å². The highest BCUT2D eigenvalue weighted by Crippen LogP contribution is 2.26. The third-order valence-electron chi connectivity index (χ3n) is 4.58. The predicted octanol–water partition coefficient (Wildman–Crippen LogP) is 4.63. The summed E-state index contributed by atoms with van der Waals surface area (Å²) in [5.41, 5.74) is 3.86. The maximum Gasteiger partial charge on any atom is 0.252 e. The fraction of sp³-hybridized carbons (Fsp3) is 0.125. The lowest BCUT2D eigenvalue weighted by molar-refractivity contribution is 0.0952. The van der Waals surface area contributed by atoms with Crippen LogP contribution in [0.4, 0.5) is 0 Å². The van der Waals surface area contributed by atoms with Gasteiger partial charge in [-0.05, 0) is 55.5 Å². The molecular formula is C24H21N3O2. The Morgan fingerprint density at radius 1 is 1.00 bits per heavy atom. The molecule has 4 rings (SSSR count). The van der Waals surface area contributed by atoms with E-state index < -0.39 is 0 Å². The molecule has 0 aliphatic heterocycles. The molecular weight excluding hydrogens is 362 g/mol. The molecule has 0 saturated heterocycles. The van der Waals surface area contributed by atoms with Gasteiger partial charge < -0.3 is 10.1 Å². The number of para-hydroxylation sites is 1. The Kier molecular flexibility index (Phi) is 5.47. The van der Waals surface area contributed by atoms with Crippen LogP contribution in [0.15, 0.2) is 79.0 Å². The molecule has 0 aliphatic carbocycles. The maximum absolute atomic E-state index is 13.0. The highest BCUT2D eigenvalue weighted by Gasteiger charge is 2.14. The highest BCUT2D eigenvalue weighted by atomic mass is 16.5. The molecule has 0 bridgehead atoms. The summed E-state index contributed by atoms with van der Waals surface area (Å²) in [7, 11) is 0. The monoisotopic (exact) mass is 383 g/mol. The first kappa shape index (κ1) is 18.6. The Bertz CT molecular complexity index is 1130. The van der Waals surface area contributed by atoms with Crippen molar-refractivity contribution < 1.29 is 9.53 Å². The van der Waals surface area contributed by atoms with E-state index in [4.69, 9.17) is 9.72 Å². The highest BCUT2D eigenvalue weighted by molar-refractivity contribution is 6.07. The van der Waals surface area contributed by atoms with Crippen molar-refractivity contribution in [3.63, 3.8) is 0 Å². The molecule has 0 saturated carbocycles. The standard InChI is InChI=1S/C24H21N3O2/c1-2-29-19-12-10-17(11-13-19)23-15-21(20-8-3-4-9-22(20)27-23)24(28)26-16-18-7-5-6-14-25-18/h3-15H,2,16H2,1H3,(H,26,28). The van der Waals surface area contributed by atoms with E-state index in [1.54, 1.807) is 6.20 Å². The summed E-state index contributed by atoms with van der Waals surface area (Å²) in [6, 6.07) is 22.9. The number of carbonyl (C=O) groups excluding carboxylic acids is 1. The number of nitrogens with zero attached hydrogens (tertiary/aromatic N) is 2. The Hall–Kier alpha value is -3.73. The summed E-state index contributed by atoms with van der Waals surface area (Å²) in [6.45, 7) is 2.94. The van der Waals surface area contributed by atoms with Crippen molar-refractivity contribution >= 4 is 16.8 Å². The zero-order chi connectivity index (χ0) is 20.1. The second-order valence-electron chi connectivity index (χ2n) is 6.53. The second kappa shape index (κ2) is 8.52. The van der Waals surface area contributed by atoms with Crippen molar-refractivity contribution in [3.8, 4) is 17.0 Å². The Morgan fingerprint density at radius 3 is 2.55 bits per heavy atom. The molecule has 2 aromatic carbocycles. The largest absolute Gasteiger partial charge is 0.494 e. The smallest absolute Gasteiger partial charge is 0.252 e. The molecule has 0 unspecified atom stereocenters. The van der Waals surface area contributed by atoms with Crippen LogP contribution in [-0.2, 0) is 6.54 Å². The van der Waals surface area contributed by atoms with Crippen LogP contribution in [0.25, 0.3) is 22.2 Å². The number of nitrogens with one attached hydrogen (secondary N) is 1. The lowest BCUT2D eigenvalue weighted by Crippen LogP contribution is -2.23. The van der Waals surface area contributed by atoms with Gasteiger partial charge in [0.2, 0.25) is 0 Å². The van der Waals surface area contributed by atoms with Gasteiger partial charge in [-0.2, -0.15) is 0 Å². The van der Waals surface area contributed by atoms with Gasteiger partial charge in [-0.1, -0.05) is 24.3 Å². The summed E-state index contributed by atoms with van der Waals surface area (Å²) >= 11 is 0. The van der Waals surface area contributed by atoms with Crippen LogP contribution in [0.2, 0.25) is 0 Å². The van der Waals surface area contributed by atoms with Crippen molar-refractivity contribution in [2.75, 3.05) is 6.61 Å². The molecule has 0 fully saturated rings. The van der Waals surface area contributed by atoms with Gasteiger partial charge in [-0.3, -0.25) is 9.78 Å².